The van der Waals surface area contributed by atoms with Crippen LogP contribution >= 0.6 is 7.82 Å². The first-order valence-corrected chi connectivity index (χ1v) is 13.0. The number of ether oxygens (including phenoxy) is 2. The van der Waals surface area contributed by atoms with E-state index < -0.39 is 43.5 Å². The van der Waals surface area contributed by atoms with Gasteiger partial charge in [0, 0.05) is 6.20 Å². The summed E-state index contributed by atoms with van der Waals surface area (Å²) in [5.41, 5.74) is -1.17. The van der Waals surface area contributed by atoms with Crippen LogP contribution < -0.4 is 0 Å². The number of phosphoric acid groups is 1. The van der Waals surface area contributed by atoms with E-state index in [1.807, 2.05) is 0 Å². The lowest BCUT2D eigenvalue weighted by Crippen LogP contribution is -2.49. The summed E-state index contributed by atoms with van der Waals surface area (Å²) < 4.78 is 41.2. The number of ketones is 1. The van der Waals surface area contributed by atoms with Gasteiger partial charge < -0.3 is 9.47 Å². The minimum atomic E-state index is -3.99. The zero-order valence-corrected chi connectivity index (χ0v) is 20.2. The van der Waals surface area contributed by atoms with E-state index in [0.29, 0.717) is 0 Å². The van der Waals surface area contributed by atoms with Gasteiger partial charge in [0.2, 0.25) is 5.91 Å². The quantitative estimate of drug-likeness (QED) is 0.227. The lowest BCUT2D eigenvalue weighted by atomic mass is 9.82. The monoisotopic (exact) mass is 495 g/mol. The molecule has 0 aromatic rings. The maximum absolute atomic E-state index is 13.2. The van der Waals surface area contributed by atoms with E-state index in [1.165, 1.54) is 17.2 Å². The zero-order valence-electron chi connectivity index (χ0n) is 19.3. The molecule has 3 aliphatic heterocycles. The van der Waals surface area contributed by atoms with Gasteiger partial charge in [-0.1, -0.05) is 12.8 Å². The normalized spacial score (nSPS) is 36.9. The third-order valence-electron chi connectivity index (χ3n) is 6.77. The van der Waals surface area contributed by atoms with Gasteiger partial charge in [-0.05, 0) is 45.1 Å². The van der Waals surface area contributed by atoms with Gasteiger partial charge in [-0.3, -0.25) is 32.9 Å². The van der Waals surface area contributed by atoms with E-state index >= 15 is 0 Å². The Morgan fingerprint density at radius 1 is 1.38 bits per heavy atom. The Hall–Kier alpha value is -2.02. The van der Waals surface area contributed by atoms with Crippen molar-refractivity contribution in [1.29, 1.82) is 0 Å². The molecule has 1 unspecified atom stereocenters. The Morgan fingerprint density at radius 3 is 2.79 bits per heavy atom. The number of allylic oxidation sites excluding steroid dienone is 1. The summed E-state index contributed by atoms with van der Waals surface area (Å²) in [6, 6.07) is 0. The van der Waals surface area contributed by atoms with E-state index in [-0.39, 0.29) is 43.9 Å². The van der Waals surface area contributed by atoms with E-state index in [0.717, 1.165) is 25.7 Å². The van der Waals surface area contributed by atoms with Crippen molar-refractivity contribution in [3.8, 4) is 12.3 Å². The van der Waals surface area contributed by atoms with Crippen LogP contribution in [0.15, 0.2) is 12.3 Å². The molecule has 11 heteroatoms. The lowest BCUT2D eigenvalue weighted by Gasteiger charge is -2.37. The molecule has 3 heterocycles. The number of hydrogen-bond donors (Lipinski definition) is 0. The minimum absolute atomic E-state index is 0.0207. The molecule has 4 aliphatic rings. The summed E-state index contributed by atoms with van der Waals surface area (Å²) in [5, 5.41) is 0. The summed E-state index contributed by atoms with van der Waals surface area (Å²) in [4.78, 5) is 37.5. The number of phosphoric ester groups is 1. The summed E-state index contributed by atoms with van der Waals surface area (Å²) in [5.74, 6) is 1.14. The molecule has 3 fully saturated rings. The van der Waals surface area contributed by atoms with Crippen LogP contribution in [0.3, 0.4) is 0 Å². The minimum Gasteiger partial charge on any atom is -0.462 e. The second-order valence-corrected chi connectivity index (χ2v) is 11.0. The smallest absolute Gasteiger partial charge is 0.462 e. The van der Waals surface area contributed by atoms with Crippen molar-refractivity contribution in [1.82, 2.24) is 4.90 Å². The Bertz CT molecular complexity index is 953. The molecule has 1 amide bonds. The SMILES string of the molecule is C#C[C@]1(C)[C@@H]2O[P@](=O)(OCCC(C)C(=O)OC3CCCC3)OC[C@H]2O[C@H]1N1C=CC(=O)CC1=O. The first kappa shape index (κ1) is 25.1. The fourth-order valence-corrected chi connectivity index (χ4v) is 6.11. The molecule has 0 spiro atoms. The van der Waals surface area contributed by atoms with Crippen molar-refractivity contribution in [2.45, 2.75) is 76.9 Å². The average Bonchev–Trinajstić information content (AvgIpc) is 3.40. The highest BCUT2D eigenvalue weighted by Gasteiger charge is 2.61. The number of amides is 1. The van der Waals surface area contributed by atoms with Crippen LogP contribution in [0.2, 0.25) is 0 Å². The fraction of sp³-hybridized carbons (Fsp3) is 0.696. The Balaban J connectivity index is 1.35. The van der Waals surface area contributed by atoms with Gasteiger partial charge in [-0.25, -0.2) is 4.57 Å². The van der Waals surface area contributed by atoms with Crippen LogP contribution in [-0.4, -0.2) is 60.3 Å². The molecule has 6 atom stereocenters. The van der Waals surface area contributed by atoms with Crippen molar-refractivity contribution in [3.63, 3.8) is 0 Å². The number of nitrogens with zero attached hydrogens (tertiary/aromatic N) is 1. The number of rotatable bonds is 7. The molecule has 0 radical (unpaired) electrons. The highest BCUT2D eigenvalue weighted by Crippen LogP contribution is 2.59. The number of esters is 1. The maximum Gasteiger partial charge on any atom is 0.475 e. The van der Waals surface area contributed by atoms with Crippen LogP contribution in [-0.2, 0) is 42.0 Å². The zero-order chi connectivity index (χ0) is 24.5. The Kier molecular flexibility index (Phi) is 7.32. The Morgan fingerprint density at radius 2 is 2.12 bits per heavy atom. The number of terminal acetylenes is 1. The average molecular weight is 495 g/mol. The molecule has 186 valence electrons. The van der Waals surface area contributed by atoms with Gasteiger partial charge in [0.05, 0.1) is 25.6 Å². The highest BCUT2D eigenvalue weighted by atomic mass is 31.2. The van der Waals surface area contributed by atoms with Crippen LogP contribution in [0.5, 0.6) is 0 Å². The molecule has 0 N–H and O–H groups in total. The van der Waals surface area contributed by atoms with E-state index in [4.69, 9.17) is 29.5 Å². The van der Waals surface area contributed by atoms with Gasteiger partial charge >= 0.3 is 13.8 Å². The van der Waals surface area contributed by atoms with Crippen LogP contribution in [0, 0.1) is 23.7 Å². The molecule has 10 nitrogen and oxygen atoms in total. The number of carbonyl (C=O) groups excluding carboxylic acids is 3. The first-order valence-electron chi connectivity index (χ1n) is 11.6. The second kappa shape index (κ2) is 9.92. The van der Waals surface area contributed by atoms with E-state index in [9.17, 15) is 18.9 Å². The maximum atomic E-state index is 13.2. The summed E-state index contributed by atoms with van der Waals surface area (Å²) >= 11 is 0. The van der Waals surface area contributed by atoms with Crippen molar-refractivity contribution < 1.29 is 42.0 Å². The molecule has 34 heavy (non-hydrogen) atoms. The largest absolute Gasteiger partial charge is 0.475 e. The molecule has 1 saturated carbocycles. The topological polar surface area (TPSA) is 118 Å². The molecule has 0 bridgehead atoms. The highest BCUT2D eigenvalue weighted by molar-refractivity contribution is 7.48. The number of hydrogen-bond acceptors (Lipinski definition) is 9. The predicted molar refractivity (Wildman–Crippen MR) is 118 cm³/mol. The van der Waals surface area contributed by atoms with Gasteiger partial charge in [0.25, 0.3) is 0 Å². The second-order valence-electron chi connectivity index (χ2n) is 9.35. The van der Waals surface area contributed by atoms with Crippen molar-refractivity contribution in [2.75, 3.05) is 13.2 Å². The molecular formula is C23H30NO9P. The molecule has 2 saturated heterocycles. The molecule has 0 aromatic carbocycles. The number of carbonyl (C=O) groups is 3. The third-order valence-corrected chi connectivity index (χ3v) is 8.22. The standard InChI is InChI=1S/C23H30NO9P/c1-4-23(3)20-18(32-22(23)24-11-9-16(25)13-19(24)26)14-30-34(28,33-20)29-12-10-15(2)21(27)31-17-7-5-6-8-17/h1,9,11,15,17-18,20,22H,5-8,10,12-14H2,2-3H3/t15?,18-,20-,22-,23-,34-/m1/s1. The van der Waals surface area contributed by atoms with Crippen molar-refractivity contribution in [3.05, 3.63) is 12.3 Å². The van der Waals surface area contributed by atoms with Crippen LogP contribution in [0.4, 0.5) is 0 Å². The van der Waals surface area contributed by atoms with Crippen molar-refractivity contribution >= 4 is 25.5 Å². The van der Waals surface area contributed by atoms with Gasteiger partial charge in [0.1, 0.15) is 23.7 Å². The van der Waals surface area contributed by atoms with Gasteiger partial charge in [-0.15, -0.1) is 6.42 Å². The van der Waals surface area contributed by atoms with Crippen LogP contribution in [0.25, 0.3) is 0 Å². The summed E-state index contributed by atoms with van der Waals surface area (Å²) in [6.45, 7) is 3.24. The molecule has 0 aromatic heterocycles. The van der Waals surface area contributed by atoms with E-state index in [1.54, 1.807) is 13.8 Å². The summed E-state index contributed by atoms with van der Waals surface area (Å²) in [7, 11) is -3.99. The third kappa shape index (κ3) is 5.00. The molecule has 4 rings (SSSR count). The Labute approximate surface area is 198 Å². The molecule has 1 aliphatic carbocycles. The lowest BCUT2D eigenvalue weighted by molar-refractivity contribution is -0.153. The fourth-order valence-electron chi connectivity index (χ4n) is 4.62. The molecular weight excluding hydrogens is 465 g/mol. The van der Waals surface area contributed by atoms with Crippen LogP contribution in [0.1, 0.15) is 52.4 Å². The van der Waals surface area contributed by atoms with Gasteiger partial charge in [0.15, 0.2) is 12.0 Å². The number of fused-ring (bicyclic) bond motifs is 1. The predicted octanol–water partition coefficient (Wildman–Crippen LogP) is 2.72. The van der Waals surface area contributed by atoms with E-state index in [2.05, 4.69) is 5.92 Å². The summed E-state index contributed by atoms with van der Waals surface area (Å²) in [6.07, 6.45) is 9.85. The van der Waals surface area contributed by atoms with Gasteiger partial charge in [-0.2, -0.15) is 0 Å². The van der Waals surface area contributed by atoms with Crippen molar-refractivity contribution in [2.24, 2.45) is 11.3 Å². The first-order chi connectivity index (χ1) is 16.1.